The van der Waals surface area contributed by atoms with Crippen LogP contribution >= 0.6 is 0 Å². The van der Waals surface area contributed by atoms with Crippen LogP contribution in [-0.4, -0.2) is 72.7 Å². The van der Waals surface area contributed by atoms with Crippen LogP contribution < -0.4 is 14.2 Å². The number of aliphatic imine (C=N–C) groups is 1. The van der Waals surface area contributed by atoms with E-state index in [0.717, 1.165) is 30.4 Å². The minimum absolute atomic E-state index is 0.0111. The average molecular weight is 584 g/mol. The molecule has 0 radical (unpaired) electrons. The van der Waals surface area contributed by atoms with Gasteiger partial charge in [0.05, 0.1) is 45.2 Å². The van der Waals surface area contributed by atoms with Gasteiger partial charge in [-0.2, -0.15) is 0 Å². The number of methoxy groups -OCH3 is 3. The van der Waals surface area contributed by atoms with Gasteiger partial charge in [0.25, 0.3) is 0 Å². The first kappa shape index (κ1) is 29.5. The van der Waals surface area contributed by atoms with Crippen molar-refractivity contribution in [3.05, 3.63) is 29.3 Å². The topological polar surface area (TPSA) is 127 Å². The highest BCUT2D eigenvalue weighted by Crippen LogP contribution is 2.70. The molecule has 0 aromatic heterocycles. The van der Waals surface area contributed by atoms with Gasteiger partial charge in [-0.25, -0.2) is 4.79 Å². The van der Waals surface area contributed by atoms with Gasteiger partial charge in [-0.05, 0) is 92.4 Å². The maximum absolute atomic E-state index is 12.6. The molecule has 0 unspecified atom stereocenters. The lowest BCUT2D eigenvalue weighted by atomic mass is 9.41. The molecule has 0 amide bonds. The zero-order chi connectivity index (χ0) is 29.9. The van der Waals surface area contributed by atoms with Gasteiger partial charge in [0.2, 0.25) is 5.75 Å². The van der Waals surface area contributed by atoms with Crippen molar-refractivity contribution in [2.24, 2.45) is 33.6 Å². The summed E-state index contributed by atoms with van der Waals surface area (Å²) in [6, 6.07) is 3.77. The van der Waals surface area contributed by atoms with Gasteiger partial charge < -0.3 is 34.3 Å². The summed E-state index contributed by atoms with van der Waals surface area (Å²) in [7, 11) is 4.74. The Morgan fingerprint density at radius 3 is 2.33 bits per heavy atom. The third kappa shape index (κ3) is 4.21. The van der Waals surface area contributed by atoms with Crippen molar-refractivity contribution >= 4 is 12.2 Å². The van der Waals surface area contributed by atoms with Gasteiger partial charge in [-0.1, -0.05) is 6.92 Å². The summed E-state index contributed by atoms with van der Waals surface area (Å²) in [4.78, 5) is 16.9. The maximum Gasteiger partial charge on any atom is 0.331 e. The van der Waals surface area contributed by atoms with Crippen LogP contribution in [0.25, 0.3) is 0 Å². The number of esters is 1. The molecule has 4 fully saturated rings. The lowest BCUT2D eigenvalue weighted by molar-refractivity contribution is -0.237. The van der Waals surface area contributed by atoms with E-state index in [1.54, 1.807) is 27.4 Å². The second-order valence-electron chi connectivity index (χ2n) is 13.5. The van der Waals surface area contributed by atoms with Crippen molar-refractivity contribution in [2.75, 3.05) is 27.9 Å². The summed E-state index contributed by atoms with van der Waals surface area (Å²) >= 11 is 0. The minimum Gasteiger partial charge on any atom is -0.493 e. The predicted molar refractivity (Wildman–Crippen MR) is 156 cm³/mol. The molecule has 3 N–H and O–H groups in total. The van der Waals surface area contributed by atoms with Gasteiger partial charge >= 0.3 is 5.97 Å². The minimum atomic E-state index is -1.10. The fourth-order valence-electron chi connectivity index (χ4n) is 9.90. The Kier molecular flexibility index (Phi) is 7.38. The van der Waals surface area contributed by atoms with Crippen LogP contribution in [0.2, 0.25) is 0 Å². The van der Waals surface area contributed by atoms with Crippen molar-refractivity contribution in [2.45, 2.75) is 88.6 Å². The van der Waals surface area contributed by atoms with Crippen molar-refractivity contribution in [3.63, 3.8) is 0 Å². The summed E-state index contributed by atoms with van der Waals surface area (Å²) in [6.07, 6.45) is 8.92. The fourth-order valence-corrected chi connectivity index (χ4v) is 9.90. The van der Waals surface area contributed by atoms with Gasteiger partial charge in [-0.15, -0.1) is 0 Å². The van der Waals surface area contributed by atoms with Crippen LogP contribution in [0.1, 0.15) is 70.3 Å². The lowest BCUT2D eigenvalue weighted by Crippen LogP contribution is -2.68. The number of benzene rings is 1. The maximum atomic E-state index is 12.6. The molecule has 0 saturated heterocycles. The lowest BCUT2D eigenvalue weighted by Gasteiger charge is -2.65. The van der Waals surface area contributed by atoms with Gasteiger partial charge in [0.15, 0.2) is 11.5 Å². The molecule has 0 bridgehead atoms. The zero-order valence-corrected chi connectivity index (χ0v) is 25.2. The molecule has 6 rings (SSSR count). The highest BCUT2D eigenvalue weighted by molar-refractivity contribution is 5.85. The molecule has 230 valence electrons. The Balaban J connectivity index is 1.34. The Bertz CT molecular complexity index is 1270. The number of aliphatic hydroxyl groups is 3. The van der Waals surface area contributed by atoms with E-state index in [-0.39, 0.29) is 29.1 Å². The summed E-state index contributed by atoms with van der Waals surface area (Å²) < 4.78 is 21.8. The first-order valence-corrected chi connectivity index (χ1v) is 15.3. The van der Waals surface area contributed by atoms with E-state index < -0.39 is 22.7 Å². The molecule has 42 heavy (non-hydrogen) atoms. The normalized spacial score (nSPS) is 41.0. The van der Waals surface area contributed by atoms with Crippen molar-refractivity contribution < 1.29 is 39.1 Å². The molecule has 1 aromatic carbocycles. The molecule has 4 saturated carbocycles. The molecular weight excluding hydrogens is 538 g/mol. The number of cyclic esters (lactones) is 1. The summed E-state index contributed by atoms with van der Waals surface area (Å²) in [5.74, 6) is 1.48. The number of carbonyl (C=O) groups excluding carboxylic acids is 1. The zero-order valence-electron chi connectivity index (χ0n) is 25.2. The number of hydrogen-bond donors (Lipinski definition) is 3. The summed E-state index contributed by atoms with van der Waals surface area (Å²) in [5, 5.41) is 35.5. The molecule has 5 aliphatic rings. The van der Waals surface area contributed by atoms with Gasteiger partial charge in [-0.3, -0.25) is 4.99 Å². The van der Waals surface area contributed by atoms with Gasteiger partial charge in [0, 0.05) is 29.5 Å². The quantitative estimate of drug-likeness (QED) is 0.325. The van der Waals surface area contributed by atoms with E-state index in [1.165, 1.54) is 0 Å². The Hall–Kier alpha value is -2.62. The van der Waals surface area contributed by atoms with E-state index in [4.69, 9.17) is 23.9 Å². The summed E-state index contributed by atoms with van der Waals surface area (Å²) in [6.45, 7) is 2.88. The van der Waals surface area contributed by atoms with Crippen LogP contribution in [0.3, 0.4) is 0 Å². The molecule has 0 spiro atoms. The monoisotopic (exact) mass is 583 g/mol. The van der Waals surface area contributed by atoms with E-state index in [0.29, 0.717) is 68.9 Å². The predicted octanol–water partition coefficient (Wildman–Crippen LogP) is 4.00. The largest absolute Gasteiger partial charge is 0.493 e. The Labute approximate surface area is 247 Å². The standard InChI is InChI=1S/C33H45NO8/c1-30-9-6-24-25(33(30,38)12-8-23(30)21-15-28(36)42-18-21)7-11-32(37)16-22(35)5-10-31(24,32)19-34-17-20-13-26(39-2)29(41-4)27(14-20)40-3/h13-15,19,22-25,35,37-38H,5-12,16-18H2,1-4H3/t22-,23+,24-,25+,30-,31+,32-,33+/m1/s1. The third-order valence-corrected chi connectivity index (χ3v) is 12.0. The van der Waals surface area contributed by atoms with Crippen LogP contribution in [0.5, 0.6) is 17.2 Å². The van der Waals surface area contributed by atoms with Crippen LogP contribution in [0.4, 0.5) is 0 Å². The van der Waals surface area contributed by atoms with Crippen molar-refractivity contribution in [1.29, 1.82) is 0 Å². The number of fused-ring (bicyclic) bond motifs is 5. The Morgan fingerprint density at radius 2 is 1.69 bits per heavy atom. The molecule has 9 heteroatoms. The smallest absolute Gasteiger partial charge is 0.331 e. The highest BCUT2D eigenvalue weighted by Gasteiger charge is 2.71. The molecule has 1 aromatic rings. The van der Waals surface area contributed by atoms with E-state index in [1.807, 2.05) is 18.3 Å². The molecule has 1 aliphatic heterocycles. The number of carbonyl (C=O) groups is 1. The first-order chi connectivity index (χ1) is 20.0. The fraction of sp³-hybridized carbons (Fsp3) is 0.697. The van der Waals surface area contributed by atoms with Crippen molar-refractivity contribution in [3.8, 4) is 17.2 Å². The van der Waals surface area contributed by atoms with Gasteiger partial charge in [0.1, 0.15) is 6.61 Å². The molecule has 9 nitrogen and oxygen atoms in total. The van der Waals surface area contributed by atoms with Crippen molar-refractivity contribution in [1.82, 2.24) is 0 Å². The SMILES string of the molecule is COc1cc(CN=C[C@]23CC[C@@H](O)C[C@]2(O)CC[C@H]2[C@H]3CC[C@]3(C)[C@H](C4=CC(=O)OC4)CC[C@]23O)cc(OC)c1OC. The molecule has 8 atom stereocenters. The molecule has 1 heterocycles. The Morgan fingerprint density at radius 1 is 0.976 bits per heavy atom. The van der Waals surface area contributed by atoms with E-state index in [2.05, 4.69) is 6.92 Å². The number of rotatable bonds is 7. The number of nitrogens with zero attached hydrogens (tertiary/aromatic N) is 1. The van der Waals surface area contributed by atoms with E-state index >= 15 is 0 Å². The van der Waals surface area contributed by atoms with Crippen LogP contribution in [-0.2, 0) is 16.1 Å². The van der Waals surface area contributed by atoms with Crippen LogP contribution in [0, 0.1) is 28.6 Å². The number of aliphatic hydroxyl groups excluding tert-OH is 1. The highest BCUT2D eigenvalue weighted by atomic mass is 16.5. The third-order valence-electron chi connectivity index (χ3n) is 12.0. The molecule has 4 aliphatic carbocycles. The summed E-state index contributed by atoms with van der Waals surface area (Å²) in [5.41, 5.74) is -1.14. The molecular formula is C33H45NO8. The second-order valence-corrected chi connectivity index (χ2v) is 13.5. The second kappa shape index (κ2) is 10.5. The van der Waals surface area contributed by atoms with Crippen LogP contribution in [0.15, 0.2) is 28.8 Å². The number of ether oxygens (including phenoxy) is 4. The van der Waals surface area contributed by atoms with E-state index in [9.17, 15) is 20.1 Å². The average Bonchev–Trinajstić information content (AvgIpc) is 3.51. The first-order valence-electron chi connectivity index (χ1n) is 15.3. The number of hydrogen-bond acceptors (Lipinski definition) is 9.